The lowest BCUT2D eigenvalue weighted by atomic mass is 9.78. The molecular weight excluding hydrogens is 1070 g/mol. The summed E-state index contributed by atoms with van der Waals surface area (Å²) in [6.45, 7) is 7.30. The average molecular weight is 1130 g/mol. The van der Waals surface area contributed by atoms with E-state index >= 15 is 0 Å². The van der Waals surface area contributed by atoms with Crippen molar-refractivity contribution in [2.24, 2.45) is 40.0 Å². The number of pyridine rings is 2. The average Bonchev–Trinajstić information content (AvgIpc) is 4.27. The van der Waals surface area contributed by atoms with Crippen molar-refractivity contribution >= 4 is 45.0 Å². The lowest BCUT2D eigenvalue weighted by molar-refractivity contribution is -0.188. The summed E-state index contributed by atoms with van der Waals surface area (Å²) in [5.41, 5.74) is -0.0693. The van der Waals surface area contributed by atoms with Crippen molar-refractivity contribution in [2.75, 3.05) is 13.7 Å². The maximum atomic E-state index is 14.8. The first kappa shape index (κ1) is 56.4. The van der Waals surface area contributed by atoms with Crippen LogP contribution in [0.2, 0.25) is 10.0 Å². The minimum Gasteiger partial charge on any atom is -0.481 e. The summed E-state index contributed by atoms with van der Waals surface area (Å²) in [5, 5.41) is 32.3. The molecule has 1 aliphatic carbocycles. The maximum Gasteiger partial charge on any atom is 0.403 e. The molecule has 9 rings (SSSR count). The molecule has 4 atom stereocenters. The Balaban J connectivity index is 1.03. The van der Waals surface area contributed by atoms with Gasteiger partial charge in [0.1, 0.15) is 29.3 Å². The highest BCUT2D eigenvalue weighted by atomic mass is 35.5. The Morgan fingerprint density at radius 1 is 0.641 bits per heavy atom. The van der Waals surface area contributed by atoms with Crippen LogP contribution in [0.25, 0.3) is 21.8 Å². The molecule has 0 aliphatic heterocycles. The molecule has 0 amide bonds. The molecule has 1 saturated carbocycles. The van der Waals surface area contributed by atoms with Gasteiger partial charge in [0.25, 0.3) is 0 Å². The van der Waals surface area contributed by atoms with E-state index < -0.39 is 54.0 Å². The minimum absolute atomic E-state index is 0.0320. The fourth-order valence-electron chi connectivity index (χ4n) is 10.6. The van der Waals surface area contributed by atoms with Crippen LogP contribution in [0.5, 0.6) is 11.8 Å². The molecule has 8 aromatic rings. The Bertz CT molecular complexity index is 3460. The minimum atomic E-state index is -4.63. The molecule has 0 saturated heterocycles. The van der Waals surface area contributed by atoms with Crippen LogP contribution < -0.4 is 20.1 Å². The predicted molar refractivity (Wildman–Crippen MR) is 281 cm³/mol. The third kappa shape index (κ3) is 10.1. The van der Waals surface area contributed by atoms with Crippen molar-refractivity contribution in [1.29, 1.82) is 0 Å². The lowest BCUT2D eigenvalue weighted by Gasteiger charge is -2.36. The van der Waals surface area contributed by atoms with E-state index in [2.05, 4.69) is 30.6 Å². The standard InChI is InChI=1S/C54H60Cl2F6N12O4/c1-27(53(57,58)59)63-20-40-48(56)38-19-34(52(76,45-24-66-30(4)73(45)8)46-25-67-31(5)74(46)9)12-14-42(38)70-50(40)78-26-32-15-35(54(60,61)62)17-36(16-32)68-21-39-47(55)37-18-33(11-13-41(37)69-49(39)77-10)51(75,43-22-64-28(2)71(43)6)44-23-65-29(3)72(44)7/h11-14,18-19,22-25,27,32,35-36,63,68,75-76H,15-17,20-21,26H2,1-10H3/t27-,32?,35?,36?/m0/s1. The molecule has 2 aromatic carbocycles. The fourth-order valence-corrected chi connectivity index (χ4v) is 11.2. The highest BCUT2D eigenvalue weighted by Gasteiger charge is 2.46. The zero-order chi connectivity index (χ0) is 56.6. The van der Waals surface area contributed by atoms with E-state index in [1.807, 2.05) is 13.8 Å². The van der Waals surface area contributed by atoms with E-state index in [9.17, 15) is 36.6 Å². The van der Waals surface area contributed by atoms with Crippen LogP contribution in [-0.2, 0) is 52.5 Å². The number of aromatic nitrogens is 10. The van der Waals surface area contributed by atoms with Gasteiger partial charge in [-0.2, -0.15) is 26.3 Å². The van der Waals surface area contributed by atoms with E-state index in [4.69, 9.17) is 42.6 Å². The maximum absolute atomic E-state index is 14.8. The Morgan fingerprint density at radius 2 is 1.06 bits per heavy atom. The number of hydrogen-bond donors (Lipinski definition) is 4. The van der Waals surface area contributed by atoms with Crippen molar-refractivity contribution in [3.8, 4) is 11.8 Å². The van der Waals surface area contributed by atoms with Crippen molar-refractivity contribution in [3.63, 3.8) is 0 Å². The molecule has 4 N–H and O–H groups in total. The highest BCUT2D eigenvalue weighted by Crippen LogP contribution is 2.45. The van der Waals surface area contributed by atoms with Crippen LogP contribution in [-0.4, -0.2) is 96.5 Å². The second-order valence-electron chi connectivity index (χ2n) is 20.4. The first-order valence-corrected chi connectivity index (χ1v) is 25.9. The molecule has 1 aliphatic rings. The van der Waals surface area contributed by atoms with Gasteiger partial charge in [-0.3, -0.25) is 0 Å². The van der Waals surface area contributed by atoms with E-state index in [0.717, 1.165) is 6.92 Å². The summed E-state index contributed by atoms with van der Waals surface area (Å²) >= 11 is 14.4. The number of imidazole rings is 4. The summed E-state index contributed by atoms with van der Waals surface area (Å²) in [5.74, 6) is 0.0449. The number of nitrogens with zero attached hydrogens (tertiary/aromatic N) is 10. The smallest absolute Gasteiger partial charge is 0.403 e. The van der Waals surface area contributed by atoms with Crippen LogP contribution in [0.4, 0.5) is 26.3 Å². The van der Waals surface area contributed by atoms with E-state index in [1.165, 1.54) is 7.11 Å². The SMILES string of the molecule is COc1nc2ccc(C(O)(c3cnc(C)n3C)c3cnc(C)n3C)cc2c(Cl)c1CNC1CC(COc2nc3ccc(C(O)(c4cnc(C)n4C)c4cnc(C)n4C)cc3c(Cl)c2CN[C@@H](C)C(F)(F)F)CC(C(F)(F)F)C1. The van der Waals surface area contributed by atoms with Gasteiger partial charge in [-0.15, -0.1) is 0 Å². The van der Waals surface area contributed by atoms with Crippen LogP contribution in [0, 0.1) is 39.5 Å². The zero-order valence-corrected chi connectivity index (χ0v) is 46.0. The number of alkyl halides is 6. The van der Waals surface area contributed by atoms with Crippen LogP contribution in [0.3, 0.4) is 0 Å². The van der Waals surface area contributed by atoms with Gasteiger partial charge in [-0.05, 0) is 95.2 Å². The fraction of sp³-hybridized carbons (Fsp3) is 0.444. The summed E-state index contributed by atoms with van der Waals surface area (Å²) < 4.78 is 105. The van der Waals surface area contributed by atoms with E-state index in [1.54, 1.807) is 121 Å². The van der Waals surface area contributed by atoms with Gasteiger partial charge in [0, 0.05) is 69.2 Å². The quantitative estimate of drug-likeness (QED) is 0.0675. The number of aryl methyl sites for hydroxylation is 4. The van der Waals surface area contributed by atoms with Crippen molar-refractivity contribution < 1.29 is 46.0 Å². The number of benzene rings is 2. The topological polar surface area (TPSA) is 180 Å². The Hall–Kier alpha value is -6.30. The van der Waals surface area contributed by atoms with Crippen LogP contribution in [0.1, 0.15) is 94.5 Å². The molecule has 0 spiro atoms. The second kappa shape index (κ2) is 21.1. The predicted octanol–water partition coefficient (Wildman–Crippen LogP) is 9.39. The van der Waals surface area contributed by atoms with Gasteiger partial charge in [0.15, 0.2) is 11.2 Å². The van der Waals surface area contributed by atoms with Crippen molar-refractivity contribution in [3.05, 3.63) is 140 Å². The number of rotatable bonds is 16. The number of hydrogen-bond acceptors (Lipinski definition) is 12. The largest absolute Gasteiger partial charge is 0.481 e. The van der Waals surface area contributed by atoms with Crippen LogP contribution in [0.15, 0.2) is 61.2 Å². The zero-order valence-electron chi connectivity index (χ0n) is 44.5. The normalized spacial score (nSPS) is 17.2. The molecule has 78 heavy (non-hydrogen) atoms. The molecule has 16 nitrogen and oxygen atoms in total. The summed E-state index contributed by atoms with van der Waals surface area (Å²) in [6, 6.07) is 7.24. The molecule has 6 heterocycles. The van der Waals surface area contributed by atoms with Gasteiger partial charge >= 0.3 is 12.4 Å². The molecule has 416 valence electrons. The number of ether oxygens (including phenoxy) is 2. The lowest BCUT2D eigenvalue weighted by Crippen LogP contribution is -2.43. The Morgan fingerprint density at radius 3 is 1.45 bits per heavy atom. The number of fused-ring (bicyclic) bond motifs is 2. The molecule has 6 aromatic heterocycles. The summed E-state index contributed by atoms with van der Waals surface area (Å²) in [6.07, 6.45) is -3.32. The molecule has 24 heteroatoms. The van der Waals surface area contributed by atoms with Gasteiger partial charge in [-0.25, -0.2) is 29.9 Å². The van der Waals surface area contributed by atoms with Gasteiger partial charge < -0.3 is 48.6 Å². The number of halogens is 8. The van der Waals surface area contributed by atoms with Gasteiger partial charge in [-0.1, -0.05) is 35.3 Å². The summed E-state index contributed by atoms with van der Waals surface area (Å²) in [7, 11) is 8.51. The first-order valence-electron chi connectivity index (χ1n) is 25.1. The molecular formula is C54H60Cl2F6N12O4. The Kier molecular flexibility index (Phi) is 15.2. The van der Waals surface area contributed by atoms with E-state index in [-0.39, 0.29) is 70.7 Å². The van der Waals surface area contributed by atoms with Crippen LogP contribution >= 0.6 is 23.2 Å². The molecule has 1 fully saturated rings. The number of nitrogens with one attached hydrogen (secondary N) is 2. The molecule has 3 unspecified atom stereocenters. The van der Waals surface area contributed by atoms with Gasteiger partial charge in [0.05, 0.1) is 88.3 Å². The first-order chi connectivity index (χ1) is 36.7. The number of aliphatic hydroxyl groups is 2. The molecule has 0 bridgehead atoms. The number of methoxy groups -OCH3 is 1. The highest BCUT2D eigenvalue weighted by molar-refractivity contribution is 6.36. The third-order valence-corrected chi connectivity index (χ3v) is 16.6. The van der Waals surface area contributed by atoms with Crippen molar-refractivity contribution in [2.45, 2.75) is 103 Å². The van der Waals surface area contributed by atoms with Crippen molar-refractivity contribution in [1.82, 2.24) is 58.8 Å². The van der Waals surface area contributed by atoms with E-state index in [0.29, 0.717) is 73.7 Å². The van der Waals surface area contributed by atoms with Gasteiger partial charge in [0.2, 0.25) is 11.8 Å². The summed E-state index contributed by atoms with van der Waals surface area (Å²) in [4.78, 5) is 27.2. The monoisotopic (exact) mass is 1120 g/mol. The molecule has 0 radical (unpaired) electrons. The Labute approximate surface area is 455 Å². The third-order valence-electron chi connectivity index (χ3n) is 15.7. The second-order valence-corrected chi connectivity index (χ2v) is 21.1.